The van der Waals surface area contributed by atoms with Crippen molar-refractivity contribution in [1.82, 2.24) is 5.32 Å². The third-order valence-electron chi connectivity index (χ3n) is 3.62. The van der Waals surface area contributed by atoms with Crippen LogP contribution in [-0.4, -0.2) is 18.5 Å². The number of nitrogens with two attached hydrogens (primary N) is 1. The Kier molecular flexibility index (Phi) is 2.28. The number of carbonyl (C=O) groups excluding carboxylic acids is 1. The van der Waals surface area contributed by atoms with Gasteiger partial charge in [0.1, 0.15) is 0 Å². The third kappa shape index (κ3) is 1.70. The van der Waals surface area contributed by atoms with Gasteiger partial charge in [0.05, 0.1) is 6.04 Å². The van der Waals surface area contributed by atoms with E-state index in [9.17, 15) is 4.79 Å². The molecule has 1 aliphatic carbocycles. The Morgan fingerprint density at radius 2 is 2.00 bits per heavy atom. The van der Waals surface area contributed by atoms with Gasteiger partial charge in [-0.05, 0) is 24.7 Å². The van der Waals surface area contributed by atoms with E-state index in [-0.39, 0.29) is 11.9 Å². The molecule has 1 saturated heterocycles. The normalized spacial score (nSPS) is 32.2. The van der Waals surface area contributed by atoms with Gasteiger partial charge < -0.3 is 11.1 Å². The first-order chi connectivity index (χ1) is 6.22. The van der Waals surface area contributed by atoms with Crippen LogP contribution < -0.4 is 11.1 Å². The molecule has 1 amide bonds. The lowest BCUT2D eigenvalue weighted by atomic mass is 9.73. The van der Waals surface area contributed by atoms with Crippen LogP contribution in [-0.2, 0) is 4.79 Å². The summed E-state index contributed by atoms with van der Waals surface area (Å²) in [5.74, 6) is -0.178. The lowest BCUT2D eigenvalue weighted by Crippen LogP contribution is -2.36. The highest BCUT2D eigenvalue weighted by molar-refractivity contribution is 5.80. The molecule has 2 fully saturated rings. The Bertz CT molecular complexity index is 209. The first-order valence-corrected chi connectivity index (χ1v) is 5.25. The minimum atomic E-state index is -0.178. The first kappa shape index (κ1) is 9.00. The fraction of sp³-hybridized carbons (Fsp3) is 0.900. The molecule has 1 heterocycles. The number of amides is 1. The third-order valence-corrected chi connectivity index (χ3v) is 3.62. The molecule has 2 rings (SSSR count). The maximum Gasteiger partial charge on any atom is 0.234 e. The summed E-state index contributed by atoms with van der Waals surface area (Å²) in [6.45, 7) is 1.00. The van der Waals surface area contributed by atoms with Crippen LogP contribution in [0.3, 0.4) is 0 Å². The van der Waals surface area contributed by atoms with Crippen molar-refractivity contribution in [3.8, 4) is 0 Å². The minimum Gasteiger partial charge on any atom is -0.368 e. The average Bonchev–Trinajstić information content (AvgIpc) is 2.51. The zero-order valence-electron chi connectivity index (χ0n) is 8.01. The SMILES string of the molecule is NC(=O)C1CC2(CCCCC2)CN1. The number of hydrogen-bond donors (Lipinski definition) is 2. The number of nitrogens with one attached hydrogen (secondary N) is 1. The lowest BCUT2D eigenvalue weighted by molar-refractivity contribution is -0.119. The summed E-state index contributed by atoms with van der Waals surface area (Å²) in [5.41, 5.74) is 5.70. The fourth-order valence-electron chi connectivity index (χ4n) is 2.80. The van der Waals surface area contributed by atoms with Gasteiger partial charge in [0.2, 0.25) is 5.91 Å². The van der Waals surface area contributed by atoms with Crippen LogP contribution in [0.5, 0.6) is 0 Å². The van der Waals surface area contributed by atoms with Gasteiger partial charge in [0, 0.05) is 6.54 Å². The summed E-state index contributed by atoms with van der Waals surface area (Å²) in [6.07, 6.45) is 7.55. The van der Waals surface area contributed by atoms with Gasteiger partial charge in [-0.15, -0.1) is 0 Å². The highest BCUT2D eigenvalue weighted by Crippen LogP contribution is 2.42. The summed E-state index contributed by atoms with van der Waals surface area (Å²) in [6, 6.07) is -0.0573. The van der Waals surface area contributed by atoms with Crippen LogP contribution in [0.15, 0.2) is 0 Å². The van der Waals surface area contributed by atoms with Crippen molar-refractivity contribution in [2.75, 3.05) is 6.54 Å². The van der Waals surface area contributed by atoms with E-state index in [1.165, 1.54) is 32.1 Å². The van der Waals surface area contributed by atoms with E-state index in [0.29, 0.717) is 5.41 Å². The molecule has 0 radical (unpaired) electrons. The first-order valence-electron chi connectivity index (χ1n) is 5.25. The van der Waals surface area contributed by atoms with E-state index in [1.807, 2.05) is 0 Å². The van der Waals surface area contributed by atoms with Crippen LogP contribution in [0, 0.1) is 5.41 Å². The molecule has 74 valence electrons. The number of hydrogen-bond acceptors (Lipinski definition) is 2. The Morgan fingerprint density at radius 1 is 1.31 bits per heavy atom. The maximum atomic E-state index is 11.0. The van der Waals surface area contributed by atoms with Crippen molar-refractivity contribution in [3.05, 3.63) is 0 Å². The molecule has 1 saturated carbocycles. The quantitative estimate of drug-likeness (QED) is 0.629. The highest BCUT2D eigenvalue weighted by atomic mass is 16.1. The molecule has 3 heteroatoms. The van der Waals surface area contributed by atoms with Crippen molar-refractivity contribution in [1.29, 1.82) is 0 Å². The molecular formula is C10H18N2O. The zero-order valence-corrected chi connectivity index (χ0v) is 8.01. The van der Waals surface area contributed by atoms with Gasteiger partial charge in [-0.2, -0.15) is 0 Å². The molecule has 0 aromatic heterocycles. The zero-order chi connectivity index (χ0) is 9.31. The molecule has 0 aromatic rings. The number of rotatable bonds is 1. The van der Waals surface area contributed by atoms with Crippen molar-refractivity contribution >= 4 is 5.91 Å². The van der Waals surface area contributed by atoms with Crippen LogP contribution in [0.4, 0.5) is 0 Å². The number of primary amides is 1. The summed E-state index contributed by atoms with van der Waals surface area (Å²) in [4.78, 5) is 11.0. The van der Waals surface area contributed by atoms with Crippen LogP contribution >= 0.6 is 0 Å². The molecule has 1 unspecified atom stereocenters. The van der Waals surface area contributed by atoms with E-state index < -0.39 is 0 Å². The minimum absolute atomic E-state index is 0.0573. The van der Waals surface area contributed by atoms with E-state index in [4.69, 9.17) is 5.73 Å². The van der Waals surface area contributed by atoms with Gasteiger partial charge in [0.15, 0.2) is 0 Å². The largest absolute Gasteiger partial charge is 0.368 e. The van der Waals surface area contributed by atoms with Gasteiger partial charge in [-0.3, -0.25) is 4.79 Å². The van der Waals surface area contributed by atoms with Crippen molar-refractivity contribution in [2.24, 2.45) is 11.1 Å². The Morgan fingerprint density at radius 3 is 2.54 bits per heavy atom. The molecule has 3 N–H and O–H groups in total. The van der Waals surface area contributed by atoms with Gasteiger partial charge in [-0.25, -0.2) is 0 Å². The predicted octanol–water partition coefficient (Wildman–Crippen LogP) is 0.784. The second-order valence-corrected chi connectivity index (χ2v) is 4.60. The van der Waals surface area contributed by atoms with E-state index in [0.717, 1.165) is 13.0 Å². The van der Waals surface area contributed by atoms with Crippen LogP contribution in [0.25, 0.3) is 0 Å². The molecule has 2 aliphatic rings. The second kappa shape index (κ2) is 3.29. The van der Waals surface area contributed by atoms with E-state index in [1.54, 1.807) is 0 Å². The molecule has 1 atom stereocenters. The summed E-state index contributed by atoms with van der Waals surface area (Å²) >= 11 is 0. The van der Waals surface area contributed by atoms with Crippen molar-refractivity contribution in [3.63, 3.8) is 0 Å². The van der Waals surface area contributed by atoms with Crippen molar-refractivity contribution in [2.45, 2.75) is 44.6 Å². The van der Waals surface area contributed by atoms with Crippen LogP contribution in [0.2, 0.25) is 0 Å². The average molecular weight is 182 g/mol. The Labute approximate surface area is 79.1 Å². The fourth-order valence-corrected chi connectivity index (χ4v) is 2.80. The number of carbonyl (C=O) groups is 1. The predicted molar refractivity (Wildman–Crippen MR) is 51.1 cm³/mol. The van der Waals surface area contributed by atoms with E-state index in [2.05, 4.69) is 5.32 Å². The highest BCUT2D eigenvalue weighted by Gasteiger charge is 2.41. The molecule has 13 heavy (non-hydrogen) atoms. The molecule has 1 aliphatic heterocycles. The van der Waals surface area contributed by atoms with Gasteiger partial charge in [-0.1, -0.05) is 19.3 Å². The Hall–Kier alpha value is -0.570. The second-order valence-electron chi connectivity index (χ2n) is 4.60. The Balaban J connectivity index is 1.98. The van der Waals surface area contributed by atoms with Gasteiger partial charge in [0.25, 0.3) is 0 Å². The van der Waals surface area contributed by atoms with Crippen LogP contribution in [0.1, 0.15) is 38.5 Å². The molecule has 0 aromatic carbocycles. The smallest absolute Gasteiger partial charge is 0.234 e. The molecule has 1 spiro atoms. The summed E-state index contributed by atoms with van der Waals surface area (Å²) in [7, 11) is 0. The summed E-state index contributed by atoms with van der Waals surface area (Å²) < 4.78 is 0. The summed E-state index contributed by atoms with van der Waals surface area (Å²) in [5, 5.41) is 3.24. The lowest BCUT2D eigenvalue weighted by Gasteiger charge is -2.32. The van der Waals surface area contributed by atoms with E-state index >= 15 is 0 Å². The molecule has 3 nitrogen and oxygen atoms in total. The van der Waals surface area contributed by atoms with Crippen molar-refractivity contribution < 1.29 is 4.79 Å². The molecule has 0 bridgehead atoms. The standard InChI is InChI=1S/C10H18N2O/c11-9(13)8-6-10(7-12-8)4-2-1-3-5-10/h8,12H,1-7H2,(H2,11,13). The molecular weight excluding hydrogens is 164 g/mol. The topological polar surface area (TPSA) is 55.1 Å². The maximum absolute atomic E-state index is 11.0. The monoisotopic (exact) mass is 182 g/mol. The van der Waals surface area contributed by atoms with Gasteiger partial charge >= 0.3 is 0 Å².